The van der Waals surface area contributed by atoms with Crippen LogP contribution in [0.2, 0.25) is 0 Å². The quantitative estimate of drug-likeness (QED) is 0.476. The van der Waals surface area contributed by atoms with Crippen molar-refractivity contribution >= 4 is 23.0 Å². The van der Waals surface area contributed by atoms with Gasteiger partial charge in [0.05, 0.1) is 4.92 Å². The van der Waals surface area contributed by atoms with Crippen molar-refractivity contribution in [2.24, 2.45) is 5.92 Å². The molecule has 1 fully saturated rings. The number of likely N-dealkylation sites (tertiary alicyclic amines) is 1. The van der Waals surface area contributed by atoms with Gasteiger partial charge in [-0.1, -0.05) is 6.07 Å². The van der Waals surface area contributed by atoms with Crippen molar-refractivity contribution in [2.75, 3.05) is 38.6 Å². The van der Waals surface area contributed by atoms with E-state index in [1.165, 1.54) is 0 Å². The normalized spacial score (nSPS) is 16.9. The summed E-state index contributed by atoms with van der Waals surface area (Å²) in [5, 5.41) is 11.3. The Morgan fingerprint density at radius 3 is 2.67 bits per heavy atom. The number of benzene rings is 1. The minimum absolute atomic E-state index is 0.142. The molecule has 0 amide bonds. The highest BCUT2D eigenvalue weighted by Crippen LogP contribution is 2.30. The van der Waals surface area contributed by atoms with Gasteiger partial charge in [0.2, 0.25) is 0 Å². The number of rotatable bonds is 5. The van der Waals surface area contributed by atoms with Gasteiger partial charge in [0, 0.05) is 25.5 Å². The van der Waals surface area contributed by atoms with Gasteiger partial charge in [-0.3, -0.25) is 10.1 Å². The second-order valence-electron chi connectivity index (χ2n) is 5.84. The fourth-order valence-electron chi connectivity index (χ4n) is 2.85. The highest BCUT2D eigenvalue weighted by molar-refractivity contribution is 6.17. The summed E-state index contributed by atoms with van der Waals surface area (Å²) in [6.45, 7) is 3.06. The molecule has 0 spiro atoms. The van der Waals surface area contributed by atoms with Gasteiger partial charge < -0.3 is 9.80 Å². The van der Waals surface area contributed by atoms with Crippen molar-refractivity contribution in [2.45, 2.75) is 18.7 Å². The average Bonchev–Trinajstić information content (AvgIpc) is 2.48. The lowest BCUT2D eigenvalue weighted by atomic mass is 9.96. The highest BCUT2D eigenvalue weighted by atomic mass is 35.5. The van der Waals surface area contributed by atoms with E-state index in [0.717, 1.165) is 38.0 Å². The van der Waals surface area contributed by atoms with Crippen molar-refractivity contribution in [1.29, 1.82) is 0 Å². The summed E-state index contributed by atoms with van der Waals surface area (Å²) in [6, 6.07) is 5.25. The van der Waals surface area contributed by atoms with Crippen molar-refractivity contribution in [3.05, 3.63) is 33.9 Å². The van der Waals surface area contributed by atoms with Crippen LogP contribution in [0.25, 0.3) is 0 Å². The SMILES string of the molecule is CN1CCC(CN(C)c2ccc(CCl)cc2[N+](=O)[O-])CC1. The van der Waals surface area contributed by atoms with Crippen LogP contribution in [0.5, 0.6) is 0 Å². The van der Waals surface area contributed by atoms with Gasteiger partial charge in [-0.25, -0.2) is 0 Å². The van der Waals surface area contributed by atoms with Crippen LogP contribution in [0.3, 0.4) is 0 Å². The lowest BCUT2D eigenvalue weighted by Gasteiger charge is -2.32. The van der Waals surface area contributed by atoms with Crippen LogP contribution < -0.4 is 4.90 Å². The molecule has 0 aromatic heterocycles. The zero-order chi connectivity index (χ0) is 15.4. The van der Waals surface area contributed by atoms with Gasteiger partial charge in [-0.2, -0.15) is 0 Å². The maximum atomic E-state index is 11.3. The van der Waals surface area contributed by atoms with Crippen LogP contribution in [0, 0.1) is 16.0 Å². The molecule has 0 radical (unpaired) electrons. The third-order valence-corrected chi connectivity index (χ3v) is 4.48. The fraction of sp³-hybridized carbons (Fsp3) is 0.600. The van der Waals surface area contributed by atoms with E-state index in [1.807, 2.05) is 24.1 Å². The molecule has 1 aliphatic heterocycles. The Kier molecular flexibility index (Phi) is 5.42. The van der Waals surface area contributed by atoms with Crippen LogP contribution in [0.1, 0.15) is 18.4 Å². The Bertz CT molecular complexity index is 502. The highest BCUT2D eigenvalue weighted by Gasteiger charge is 2.22. The van der Waals surface area contributed by atoms with E-state index in [1.54, 1.807) is 6.07 Å². The number of piperidine rings is 1. The molecule has 0 saturated carbocycles. The fourth-order valence-corrected chi connectivity index (χ4v) is 3.02. The van der Waals surface area contributed by atoms with Crippen LogP contribution in [0.4, 0.5) is 11.4 Å². The van der Waals surface area contributed by atoms with E-state index in [2.05, 4.69) is 11.9 Å². The molecule has 1 heterocycles. The van der Waals surface area contributed by atoms with Crippen LogP contribution in [-0.4, -0.2) is 43.6 Å². The van der Waals surface area contributed by atoms with Crippen LogP contribution >= 0.6 is 11.6 Å². The van der Waals surface area contributed by atoms with E-state index in [4.69, 9.17) is 11.6 Å². The topological polar surface area (TPSA) is 49.6 Å². The number of anilines is 1. The minimum Gasteiger partial charge on any atom is -0.369 e. The minimum atomic E-state index is -0.323. The molecular formula is C15H22ClN3O2. The lowest BCUT2D eigenvalue weighted by Crippen LogP contribution is -2.35. The molecule has 0 aliphatic carbocycles. The standard InChI is InChI=1S/C15H22ClN3O2/c1-17-7-5-12(6-8-17)11-18(2)14-4-3-13(10-16)9-15(14)19(20)21/h3-4,9,12H,5-8,10-11H2,1-2H3. The molecule has 6 heteroatoms. The van der Waals surface area contributed by atoms with Crippen molar-refractivity contribution in [1.82, 2.24) is 4.90 Å². The molecule has 0 atom stereocenters. The monoisotopic (exact) mass is 311 g/mol. The van der Waals surface area contributed by atoms with E-state index in [-0.39, 0.29) is 10.6 Å². The maximum absolute atomic E-state index is 11.3. The van der Waals surface area contributed by atoms with E-state index in [9.17, 15) is 10.1 Å². The molecule has 2 rings (SSSR count). The molecule has 116 valence electrons. The van der Waals surface area contributed by atoms with Gasteiger partial charge in [0.25, 0.3) is 5.69 Å². The van der Waals surface area contributed by atoms with E-state index in [0.29, 0.717) is 17.5 Å². The zero-order valence-corrected chi connectivity index (χ0v) is 13.3. The van der Waals surface area contributed by atoms with Gasteiger partial charge >= 0.3 is 0 Å². The van der Waals surface area contributed by atoms with Crippen molar-refractivity contribution in [3.63, 3.8) is 0 Å². The van der Waals surface area contributed by atoms with Crippen LogP contribution in [-0.2, 0) is 5.88 Å². The lowest BCUT2D eigenvalue weighted by molar-refractivity contribution is -0.384. The Morgan fingerprint density at radius 1 is 1.43 bits per heavy atom. The van der Waals surface area contributed by atoms with Gasteiger partial charge in [-0.15, -0.1) is 11.6 Å². The largest absolute Gasteiger partial charge is 0.369 e. The second kappa shape index (κ2) is 7.09. The Morgan fingerprint density at radius 2 is 2.10 bits per heavy atom. The average molecular weight is 312 g/mol. The molecule has 0 N–H and O–H groups in total. The summed E-state index contributed by atoms with van der Waals surface area (Å²) in [5.74, 6) is 0.887. The summed E-state index contributed by atoms with van der Waals surface area (Å²) in [6.07, 6.45) is 2.29. The third kappa shape index (κ3) is 4.08. The number of alkyl halides is 1. The first kappa shape index (κ1) is 16.0. The Balaban J connectivity index is 2.11. The molecule has 1 saturated heterocycles. The Labute approximate surface area is 130 Å². The van der Waals surface area contributed by atoms with E-state index < -0.39 is 0 Å². The van der Waals surface area contributed by atoms with Crippen molar-refractivity contribution < 1.29 is 4.92 Å². The molecule has 5 nitrogen and oxygen atoms in total. The van der Waals surface area contributed by atoms with Gasteiger partial charge in [0.15, 0.2) is 0 Å². The first-order valence-electron chi connectivity index (χ1n) is 7.24. The molecular weight excluding hydrogens is 290 g/mol. The summed E-state index contributed by atoms with van der Waals surface area (Å²) >= 11 is 5.76. The summed E-state index contributed by atoms with van der Waals surface area (Å²) in [5.41, 5.74) is 1.59. The maximum Gasteiger partial charge on any atom is 0.292 e. The predicted octanol–water partition coefficient (Wildman–Crippen LogP) is 3.11. The second-order valence-corrected chi connectivity index (χ2v) is 6.11. The third-order valence-electron chi connectivity index (χ3n) is 4.17. The number of nitro groups is 1. The summed E-state index contributed by atoms with van der Waals surface area (Å²) < 4.78 is 0. The molecule has 0 bridgehead atoms. The van der Waals surface area contributed by atoms with Gasteiger partial charge in [-0.05, 0) is 50.5 Å². The van der Waals surface area contributed by atoms with E-state index >= 15 is 0 Å². The first-order chi connectivity index (χ1) is 10.0. The Hall–Kier alpha value is -1.33. The molecule has 1 aliphatic rings. The molecule has 21 heavy (non-hydrogen) atoms. The summed E-state index contributed by atoms with van der Waals surface area (Å²) in [4.78, 5) is 15.3. The molecule has 1 aromatic carbocycles. The number of hydrogen-bond acceptors (Lipinski definition) is 4. The number of halogens is 1. The number of nitrogens with zero attached hydrogens (tertiary/aromatic N) is 3. The molecule has 0 unspecified atom stereocenters. The zero-order valence-electron chi connectivity index (χ0n) is 12.6. The number of hydrogen-bond donors (Lipinski definition) is 0. The first-order valence-corrected chi connectivity index (χ1v) is 7.77. The smallest absolute Gasteiger partial charge is 0.292 e. The molecule has 1 aromatic rings. The van der Waals surface area contributed by atoms with Crippen LogP contribution in [0.15, 0.2) is 18.2 Å². The predicted molar refractivity (Wildman–Crippen MR) is 86.1 cm³/mol. The van der Waals surface area contributed by atoms with Gasteiger partial charge in [0.1, 0.15) is 5.69 Å². The summed E-state index contributed by atoms with van der Waals surface area (Å²) in [7, 11) is 4.07. The number of nitro benzene ring substituents is 1. The van der Waals surface area contributed by atoms with Crippen molar-refractivity contribution in [3.8, 4) is 0 Å².